The van der Waals surface area contributed by atoms with Gasteiger partial charge in [-0.05, 0) is 48.9 Å². The summed E-state index contributed by atoms with van der Waals surface area (Å²) in [5, 5.41) is 12.7. The van der Waals surface area contributed by atoms with Crippen molar-refractivity contribution in [3.05, 3.63) is 65.9 Å². The summed E-state index contributed by atoms with van der Waals surface area (Å²) in [5.41, 5.74) is 3.16. The van der Waals surface area contributed by atoms with Gasteiger partial charge in [0, 0.05) is 28.0 Å². The van der Waals surface area contributed by atoms with Gasteiger partial charge in [-0.15, -0.1) is 0 Å². The van der Waals surface area contributed by atoms with Crippen molar-refractivity contribution in [3.8, 4) is 6.07 Å². The molecule has 29 heavy (non-hydrogen) atoms. The first-order chi connectivity index (χ1) is 13.8. The first-order valence-corrected chi connectivity index (χ1v) is 11.4. The molecule has 0 aliphatic carbocycles. The highest BCUT2D eigenvalue weighted by atomic mass is 32.2. The summed E-state index contributed by atoms with van der Waals surface area (Å²) < 4.78 is 25.0. The zero-order chi connectivity index (χ0) is 20.9. The van der Waals surface area contributed by atoms with E-state index in [0.29, 0.717) is 18.1 Å². The molecule has 0 aliphatic heterocycles. The second kappa shape index (κ2) is 8.94. The van der Waals surface area contributed by atoms with E-state index in [4.69, 9.17) is 5.26 Å². The topological polar surface area (TPSA) is 108 Å². The number of aromatic nitrogens is 2. The quantitative estimate of drug-likeness (QED) is 0.548. The molecule has 0 aliphatic rings. The van der Waals surface area contributed by atoms with E-state index in [0.717, 1.165) is 33.0 Å². The summed E-state index contributed by atoms with van der Waals surface area (Å²) in [5.74, 6) is 0.447. The SMILES string of the molecule is Cc1cnc(Nc2ccc(NS(C)(=O)=O)cc2)nc1Sc1ccc(CC#N)cc1. The Bertz CT molecular complexity index is 1140. The van der Waals surface area contributed by atoms with E-state index in [1.165, 1.54) is 11.8 Å². The number of aryl methyl sites for hydroxylation is 1. The maximum Gasteiger partial charge on any atom is 0.229 e. The van der Waals surface area contributed by atoms with Crippen molar-refractivity contribution in [2.45, 2.75) is 23.3 Å². The highest BCUT2D eigenvalue weighted by Gasteiger charge is 2.08. The minimum Gasteiger partial charge on any atom is -0.324 e. The largest absolute Gasteiger partial charge is 0.324 e. The lowest BCUT2D eigenvalue weighted by molar-refractivity contribution is 0.607. The van der Waals surface area contributed by atoms with Crippen molar-refractivity contribution in [3.63, 3.8) is 0 Å². The monoisotopic (exact) mass is 425 g/mol. The number of benzene rings is 2. The molecule has 0 radical (unpaired) electrons. The van der Waals surface area contributed by atoms with E-state index >= 15 is 0 Å². The molecule has 2 N–H and O–H groups in total. The molecule has 0 amide bonds. The Kier molecular flexibility index (Phi) is 6.36. The molecule has 148 valence electrons. The predicted octanol–water partition coefficient (Wildman–Crippen LogP) is 4.12. The molecular formula is C20H19N5O2S2. The van der Waals surface area contributed by atoms with Gasteiger partial charge in [0.2, 0.25) is 16.0 Å². The van der Waals surface area contributed by atoms with Gasteiger partial charge in [0.15, 0.2) is 0 Å². The minimum atomic E-state index is -3.31. The molecule has 0 saturated heterocycles. The van der Waals surface area contributed by atoms with Gasteiger partial charge in [0.1, 0.15) is 5.03 Å². The fourth-order valence-corrected chi connectivity index (χ4v) is 3.84. The number of hydrogen-bond donors (Lipinski definition) is 2. The molecule has 2 aromatic carbocycles. The van der Waals surface area contributed by atoms with E-state index in [1.807, 2.05) is 31.2 Å². The summed E-state index contributed by atoms with van der Waals surface area (Å²) in [6.45, 7) is 1.95. The normalized spacial score (nSPS) is 10.9. The minimum absolute atomic E-state index is 0.393. The lowest BCUT2D eigenvalue weighted by Crippen LogP contribution is -2.09. The Balaban J connectivity index is 1.72. The highest BCUT2D eigenvalue weighted by molar-refractivity contribution is 7.99. The fourth-order valence-electron chi connectivity index (χ4n) is 2.43. The van der Waals surface area contributed by atoms with Crippen LogP contribution in [0.4, 0.5) is 17.3 Å². The molecule has 0 fully saturated rings. The molecule has 9 heteroatoms. The summed E-state index contributed by atoms with van der Waals surface area (Å²) in [6.07, 6.45) is 3.25. The molecule has 7 nitrogen and oxygen atoms in total. The van der Waals surface area contributed by atoms with Crippen LogP contribution in [0.1, 0.15) is 11.1 Å². The Labute approximate surface area is 174 Å². The first kappa shape index (κ1) is 20.6. The maximum absolute atomic E-state index is 11.3. The van der Waals surface area contributed by atoms with E-state index < -0.39 is 10.0 Å². The number of nitrogens with one attached hydrogen (secondary N) is 2. The third-order valence-corrected chi connectivity index (χ3v) is 5.51. The van der Waals surface area contributed by atoms with Gasteiger partial charge in [-0.2, -0.15) is 5.26 Å². The van der Waals surface area contributed by atoms with Crippen LogP contribution in [0.2, 0.25) is 0 Å². The van der Waals surface area contributed by atoms with Gasteiger partial charge < -0.3 is 5.32 Å². The van der Waals surface area contributed by atoms with Gasteiger partial charge >= 0.3 is 0 Å². The van der Waals surface area contributed by atoms with Crippen molar-refractivity contribution in [1.82, 2.24) is 9.97 Å². The molecule has 1 aromatic heterocycles. The number of nitrogens with zero attached hydrogens (tertiary/aromatic N) is 3. The number of rotatable bonds is 7. The lowest BCUT2D eigenvalue weighted by Gasteiger charge is -2.10. The smallest absolute Gasteiger partial charge is 0.229 e. The number of anilines is 3. The van der Waals surface area contributed by atoms with Crippen LogP contribution >= 0.6 is 11.8 Å². The molecular weight excluding hydrogens is 406 g/mol. The molecule has 0 unspecified atom stereocenters. The molecule has 0 saturated carbocycles. The van der Waals surface area contributed by atoms with E-state index in [-0.39, 0.29) is 0 Å². The van der Waals surface area contributed by atoms with Crippen LogP contribution in [0.3, 0.4) is 0 Å². The second-order valence-corrected chi connectivity index (χ2v) is 9.15. The molecule has 1 heterocycles. The van der Waals surface area contributed by atoms with Crippen LogP contribution in [-0.2, 0) is 16.4 Å². The van der Waals surface area contributed by atoms with Crippen LogP contribution in [-0.4, -0.2) is 24.6 Å². The third kappa shape index (κ3) is 6.20. The summed E-state index contributed by atoms with van der Waals surface area (Å²) in [6, 6.07) is 16.8. The highest BCUT2D eigenvalue weighted by Crippen LogP contribution is 2.29. The van der Waals surface area contributed by atoms with Crippen LogP contribution in [0.25, 0.3) is 0 Å². The van der Waals surface area contributed by atoms with Gasteiger partial charge in [-0.25, -0.2) is 18.4 Å². The zero-order valence-electron chi connectivity index (χ0n) is 15.9. The van der Waals surface area contributed by atoms with Gasteiger partial charge in [0.05, 0.1) is 18.7 Å². The molecule has 0 bridgehead atoms. The number of hydrogen-bond acceptors (Lipinski definition) is 7. The van der Waals surface area contributed by atoms with Crippen LogP contribution in [0.15, 0.2) is 64.6 Å². The number of nitriles is 1. The van der Waals surface area contributed by atoms with Crippen molar-refractivity contribution >= 4 is 39.1 Å². The summed E-state index contributed by atoms with van der Waals surface area (Å²) in [4.78, 5) is 9.92. The molecule has 0 spiro atoms. The average Bonchev–Trinajstić information content (AvgIpc) is 2.67. The van der Waals surface area contributed by atoms with Crippen LogP contribution < -0.4 is 10.0 Å². The van der Waals surface area contributed by atoms with Crippen molar-refractivity contribution in [2.24, 2.45) is 0 Å². The van der Waals surface area contributed by atoms with Crippen LogP contribution in [0.5, 0.6) is 0 Å². The Morgan fingerprint density at radius 2 is 1.72 bits per heavy atom. The maximum atomic E-state index is 11.3. The Hall–Kier alpha value is -3.09. The summed E-state index contributed by atoms with van der Waals surface area (Å²) >= 11 is 1.52. The average molecular weight is 426 g/mol. The molecule has 0 atom stereocenters. The Morgan fingerprint density at radius 1 is 1.07 bits per heavy atom. The van der Waals surface area contributed by atoms with Gasteiger partial charge in [-0.1, -0.05) is 23.9 Å². The van der Waals surface area contributed by atoms with Crippen molar-refractivity contribution < 1.29 is 8.42 Å². The molecule has 3 rings (SSSR count). The van der Waals surface area contributed by atoms with Crippen molar-refractivity contribution in [2.75, 3.05) is 16.3 Å². The second-order valence-electron chi connectivity index (χ2n) is 6.34. The van der Waals surface area contributed by atoms with Gasteiger partial charge in [0.25, 0.3) is 0 Å². The number of sulfonamides is 1. The summed E-state index contributed by atoms with van der Waals surface area (Å²) in [7, 11) is -3.31. The van der Waals surface area contributed by atoms with Crippen LogP contribution in [0, 0.1) is 18.3 Å². The Morgan fingerprint density at radius 3 is 2.34 bits per heavy atom. The van der Waals surface area contributed by atoms with E-state index in [2.05, 4.69) is 26.1 Å². The van der Waals surface area contributed by atoms with Crippen molar-refractivity contribution in [1.29, 1.82) is 5.26 Å². The first-order valence-electron chi connectivity index (χ1n) is 8.65. The van der Waals surface area contributed by atoms with E-state index in [9.17, 15) is 8.42 Å². The fraction of sp³-hybridized carbons (Fsp3) is 0.150. The molecule has 3 aromatic rings. The lowest BCUT2D eigenvalue weighted by atomic mass is 10.2. The standard InChI is InChI=1S/C20H19N5O2S2/c1-14-13-22-20(23-16-5-7-17(8-6-16)25-29(2,26)27)24-19(14)28-18-9-3-15(4-10-18)11-12-21/h3-10,13,25H,11H2,1-2H3,(H,22,23,24). The van der Waals surface area contributed by atoms with Gasteiger partial charge in [-0.3, -0.25) is 4.72 Å². The van der Waals surface area contributed by atoms with E-state index in [1.54, 1.807) is 30.5 Å². The predicted molar refractivity (Wildman–Crippen MR) is 115 cm³/mol. The zero-order valence-corrected chi connectivity index (χ0v) is 17.5. The third-order valence-electron chi connectivity index (χ3n) is 3.79.